The molecule has 2 aromatic carbocycles. The number of nitrogens with zero attached hydrogens (tertiary/aromatic N) is 3. The zero-order valence-corrected chi connectivity index (χ0v) is 16.5. The van der Waals surface area contributed by atoms with Crippen molar-refractivity contribution in [1.82, 2.24) is 14.3 Å². The molecule has 0 aliphatic carbocycles. The number of hydrogen-bond acceptors (Lipinski definition) is 6. The molecule has 1 atom stereocenters. The van der Waals surface area contributed by atoms with Crippen molar-refractivity contribution >= 4 is 27.4 Å². The van der Waals surface area contributed by atoms with Crippen LogP contribution in [-0.2, 0) is 12.6 Å². The summed E-state index contributed by atoms with van der Waals surface area (Å²) in [6.07, 6.45) is -0.334. The number of alkyl halides is 3. The molecule has 4 rings (SSSR count). The maximum atomic E-state index is 12.6. The van der Waals surface area contributed by atoms with Gasteiger partial charge in [-0.05, 0) is 41.6 Å². The van der Waals surface area contributed by atoms with Crippen molar-refractivity contribution in [3.8, 4) is 11.4 Å². The molecule has 0 spiro atoms. The Hall–Kier alpha value is -3.04. The molecule has 154 valence electrons. The first-order valence-electron chi connectivity index (χ1n) is 9.22. The predicted molar refractivity (Wildman–Crippen MR) is 112 cm³/mol. The number of nitrogens with one attached hydrogen (secondary N) is 1. The van der Waals surface area contributed by atoms with Crippen molar-refractivity contribution in [3.05, 3.63) is 72.1 Å². The molecule has 9 heteroatoms. The highest BCUT2D eigenvalue weighted by atomic mass is 32.1. The summed E-state index contributed by atoms with van der Waals surface area (Å²) in [7, 11) is 0. The van der Waals surface area contributed by atoms with Gasteiger partial charge in [-0.2, -0.15) is 22.5 Å². The van der Waals surface area contributed by atoms with Gasteiger partial charge in [-0.15, -0.1) is 0 Å². The first kappa shape index (κ1) is 20.2. The number of anilines is 1. The van der Waals surface area contributed by atoms with E-state index in [2.05, 4.69) is 19.7 Å². The van der Waals surface area contributed by atoms with E-state index < -0.39 is 11.7 Å². The molecular weight excluding hydrogens is 411 g/mol. The Bertz CT molecular complexity index is 1140. The molecule has 2 aromatic heterocycles. The normalized spacial score (nSPS) is 12.8. The fourth-order valence-corrected chi connectivity index (χ4v) is 3.65. The zero-order valence-electron chi connectivity index (χ0n) is 15.7. The second-order valence-electron chi connectivity index (χ2n) is 6.90. The summed E-state index contributed by atoms with van der Waals surface area (Å²) in [6, 6.07) is 12.7. The highest BCUT2D eigenvalue weighted by molar-refractivity contribution is 7.09. The van der Waals surface area contributed by atoms with Crippen molar-refractivity contribution in [2.45, 2.75) is 18.6 Å². The van der Waals surface area contributed by atoms with Crippen LogP contribution in [0.4, 0.5) is 18.3 Å². The molecule has 0 aliphatic rings. The molecule has 4 aromatic rings. The first-order chi connectivity index (χ1) is 14.4. The third kappa shape index (κ3) is 4.74. The second-order valence-corrected chi connectivity index (χ2v) is 7.65. The Morgan fingerprint density at radius 2 is 1.83 bits per heavy atom. The van der Waals surface area contributed by atoms with Gasteiger partial charge in [0.05, 0.1) is 5.56 Å². The lowest BCUT2D eigenvalue weighted by Crippen LogP contribution is -2.31. The van der Waals surface area contributed by atoms with Crippen LogP contribution >= 0.6 is 11.5 Å². The number of nitrogens with two attached hydrogens (primary N) is 1. The SMILES string of the molecule is N[C@@H](CNc1nc(-c2ccc3cnccc3c2)ns1)Cc1ccc(C(F)(F)F)cc1. The number of rotatable bonds is 6. The standard InChI is InChI=1S/C21H18F3N5S/c22-21(23,24)17-5-1-13(2-6-17)9-18(25)12-27-20-28-19(29-30-20)15-3-4-16-11-26-8-7-14(16)10-15/h1-8,10-11,18H,9,12,25H2,(H,27,28,29)/t18-/m1/s1. The summed E-state index contributed by atoms with van der Waals surface area (Å²) in [4.78, 5) is 8.61. The smallest absolute Gasteiger partial charge is 0.359 e. The van der Waals surface area contributed by atoms with Gasteiger partial charge in [-0.1, -0.05) is 24.3 Å². The van der Waals surface area contributed by atoms with Gasteiger partial charge in [-0.25, -0.2) is 0 Å². The van der Waals surface area contributed by atoms with Gasteiger partial charge in [0.25, 0.3) is 0 Å². The number of halogens is 3. The van der Waals surface area contributed by atoms with E-state index in [-0.39, 0.29) is 6.04 Å². The fraction of sp³-hybridized carbons (Fsp3) is 0.190. The van der Waals surface area contributed by atoms with Gasteiger partial charge in [-0.3, -0.25) is 4.98 Å². The van der Waals surface area contributed by atoms with Crippen LogP contribution < -0.4 is 11.1 Å². The highest BCUT2D eigenvalue weighted by Gasteiger charge is 2.29. The molecule has 0 radical (unpaired) electrons. The molecule has 5 nitrogen and oxygen atoms in total. The summed E-state index contributed by atoms with van der Waals surface area (Å²) < 4.78 is 42.3. The molecule has 0 fully saturated rings. The molecule has 0 unspecified atom stereocenters. The summed E-state index contributed by atoms with van der Waals surface area (Å²) in [5.41, 5.74) is 7.12. The van der Waals surface area contributed by atoms with Gasteiger partial charge in [0, 0.05) is 47.5 Å². The van der Waals surface area contributed by atoms with E-state index in [1.54, 1.807) is 12.4 Å². The Labute approximate surface area is 175 Å². The van der Waals surface area contributed by atoms with E-state index in [9.17, 15) is 13.2 Å². The van der Waals surface area contributed by atoms with E-state index in [1.807, 2.05) is 24.3 Å². The quantitative estimate of drug-likeness (QED) is 0.462. The molecular formula is C21H18F3N5S. The minimum Gasteiger partial charge on any atom is -0.359 e. The number of benzene rings is 2. The van der Waals surface area contributed by atoms with E-state index in [0.717, 1.165) is 34.0 Å². The van der Waals surface area contributed by atoms with E-state index in [0.29, 0.717) is 23.9 Å². The molecule has 3 N–H and O–H groups in total. The van der Waals surface area contributed by atoms with Crippen molar-refractivity contribution in [2.75, 3.05) is 11.9 Å². The fourth-order valence-electron chi connectivity index (χ4n) is 3.06. The molecule has 30 heavy (non-hydrogen) atoms. The lowest BCUT2D eigenvalue weighted by molar-refractivity contribution is -0.137. The third-order valence-corrected chi connectivity index (χ3v) is 5.29. The van der Waals surface area contributed by atoms with Crippen molar-refractivity contribution in [2.24, 2.45) is 5.73 Å². The number of hydrogen-bond donors (Lipinski definition) is 2. The highest BCUT2D eigenvalue weighted by Crippen LogP contribution is 2.29. The monoisotopic (exact) mass is 429 g/mol. The van der Waals surface area contributed by atoms with Crippen molar-refractivity contribution in [3.63, 3.8) is 0 Å². The van der Waals surface area contributed by atoms with Gasteiger partial charge in [0.2, 0.25) is 5.13 Å². The predicted octanol–water partition coefficient (Wildman–Crippen LogP) is 4.75. The average molecular weight is 429 g/mol. The minimum atomic E-state index is -4.33. The summed E-state index contributed by atoms with van der Waals surface area (Å²) in [6.45, 7) is 0.430. The first-order valence-corrected chi connectivity index (χ1v) is 9.99. The van der Waals surface area contributed by atoms with Crippen LogP contribution in [0.15, 0.2) is 60.9 Å². The van der Waals surface area contributed by atoms with Crippen LogP contribution in [0.5, 0.6) is 0 Å². The van der Waals surface area contributed by atoms with Crippen molar-refractivity contribution in [1.29, 1.82) is 0 Å². The summed E-state index contributed by atoms with van der Waals surface area (Å²) in [5.74, 6) is 0.623. The Balaban J connectivity index is 1.35. The average Bonchev–Trinajstić information content (AvgIpc) is 3.21. The van der Waals surface area contributed by atoms with Crippen LogP contribution in [0.1, 0.15) is 11.1 Å². The van der Waals surface area contributed by atoms with E-state index >= 15 is 0 Å². The molecule has 0 saturated heterocycles. The Morgan fingerprint density at radius 3 is 2.60 bits per heavy atom. The molecule has 0 aliphatic heterocycles. The van der Waals surface area contributed by atoms with Crippen molar-refractivity contribution < 1.29 is 13.2 Å². The van der Waals surface area contributed by atoms with E-state index in [4.69, 9.17) is 5.73 Å². The Kier molecular flexibility index (Phi) is 5.65. The summed E-state index contributed by atoms with van der Waals surface area (Å²) >= 11 is 1.24. The lowest BCUT2D eigenvalue weighted by atomic mass is 10.0. The van der Waals surface area contributed by atoms with Gasteiger partial charge >= 0.3 is 6.18 Å². The van der Waals surface area contributed by atoms with Gasteiger partial charge < -0.3 is 11.1 Å². The molecule has 0 bridgehead atoms. The lowest BCUT2D eigenvalue weighted by Gasteiger charge is -2.13. The maximum Gasteiger partial charge on any atom is 0.416 e. The molecule has 0 amide bonds. The van der Waals surface area contributed by atoms with Crippen LogP contribution in [-0.4, -0.2) is 26.9 Å². The van der Waals surface area contributed by atoms with Crippen LogP contribution in [0.25, 0.3) is 22.2 Å². The second kappa shape index (κ2) is 8.37. The van der Waals surface area contributed by atoms with Crippen LogP contribution in [0.2, 0.25) is 0 Å². The van der Waals surface area contributed by atoms with Gasteiger partial charge in [0.1, 0.15) is 0 Å². The largest absolute Gasteiger partial charge is 0.416 e. The maximum absolute atomic E-state index is 12.6. The van der Waals surface area contributed by atoms with Gasteiger partial charge in [0.15, 0.2) is 5.82 Å². The number of aromatic nitrogens is 3. The third-order valence-electron chi connectivity index (χ3n) is 4.62. The topological polar surface area (TPSA) is 76.7 Å². The van der Waals surface area contributed by atoms with Crippen LogP contribution in [0.3, 0.4) is 0 Å². The van der Waals surface area contributed by atoms with Crippen LogP contribution in [0, 0.1) is 0 Å². The number of fused-ring (bicyclic) bond motifs is 1. The minimum absolute atomic E-state index is 0.276. The van der Waals surface area contributed by atoms with E-state index in [1.165, 1.54) is 23.7 Å². The zero-order chi connectivity index (χ0) is 21.1. The summed E-state index contributed by atoms with van der Waals surface area (Å²) in [5, 5.41) is 5.90. The Morgan fingerprint density at radius 1 is 1.03 bits per heavy atom. The molecule has 0 saturated carbocycles. The molecule has 2 heterocycles. The number of pyridine rings is 1.